The number of nitrogens with zero attached hydrogens (tertiary/aromatic N) is 8. The molecular weight excluding hydrogens is 332 g/mol. The van der Waals surface area contributed by atoms with E-state index < -0.39 is 0 Å². The van der Waals surface area contributed by atoms with Gasteiger partial charge in [-0.15, -0.1) is 0 Å². The van der Waals surface area contributed by atoms with E-state index in [0.717, 1.165) is 48.8 Å². The summed E-state index contributed by atoms with van der Waals surface area (Å²) in [7, 11) is 0. The van der Waals surface area contributed by atoms with Crippen molar-refractivity contribution < 1.29 is 4.79 Å². The minimum atomic E-state index is 0.191. The third-order valence-electron chi connectivity index (χ3n) is 5.39. The highest BCUT2D eigenvalue weighted by Crippen LogP contribution is 2.32. The van der Waals surface area contributed by atoms with Crippen molar-refractivity contribution in [1.29, 1.82) is 0 Å². The Balaban J connectivity index is 1.37. The van der Waals surface area contributed by atoms with E-state index in [9.17, 15) is 4.79 Å². The number of amides is 1. The molecular formula is C17H20N8O. The fourth-order valence-electron chi connectivity index (χ4n) is 3.77. The fourth-order valence-corrected chi connectivity index (χ4v) is 3.77. The maximum absolute atomic E-state index is 11.9. The highest BCUT2D eigenvalue weighted by molar-refractivity contribution is 5.95. The lowest BCUT2D eigenvalue weighted by Gasteiger charge is -2.41. The van der Waals surface area contributed by atoms with Crippen LogP contribution in [0, 0.1) is 13.8 Å². The van der Waals surface area contributed by atoms with E-state index in [1.54, 1.807) is 10.7 Å². The van der Waals surface area contributed by atoms with Gasteiger partial charge in [-0.1, -0.05) is 0 Å². The van der Waals surface area contributed by atoms with E-state index in [1.807, 2.05) is 22.7 Å². The van der Waals surface area contributed by atoms with Gasteiger partial charge in [0, 0.05) is 43.5 Å². The Kier molecular flexibility index (Phi) is 3.25. The second kappa shape index (κ2) is 5.52. The van der Waals surface area contributed by atoms with Crippen molar-refractivity contribution in [2.24, 2.45) is 0 Å². The van der Waals surface area contributed by atoms with E-state index in [4.69, 9.17) is 0 Å². The zero-order chi connectivity index (χ0) is 17.8. The lowest BCUT2D eigenvalue weighted by molar-refractivity contribution is -0.117. The lowest BCUT2D eigenvalue weighted by atomic mass is 10.1. The van der Waals surface area contributed by atoms with E-state index in [0.29, 0.717) is 12.2 Å². The second-order valence-electron chi connectivity index (χ2n) is 7.00. The zero-order valence-corrected chi connectivity index (χ0v) is 14.8. The summed E-state index contributed by atoms with van der Waals surface area (Å²) >= 11 is 0. The molecule has 5 heterocycles. The van der Waals surface area contributed by atoms with E-state index in [-0.39, 0.29) is 11.9 Å². The summed E-state index contributed by atoms with van der Waals surface area (Å²) in [6.45, 7) is 6.54. The molecule has 0 aliphatic carbocycles. The molecule has 9 nitrogen and oxygen atoms in total. The largest absolute Gasteiger partial charge is 0.352 e. The Morgan fingerprint density at radius 1 is 1.19 bits per heavy atom. The molecule has 0 unspecified atom stereocenters. The summed E-state index contributed by atoms with van der Waals surface area (Å²) in [5.74, 6) is 1.86. The summed E-state index contributed by atoms with van der Waals surface area (Å²) in [4.78, 5) is 24.7. The van der Waals surface area contributed by atoms with Crippen molar-refractivity contribution >= 4 is 23.2 Å². The number of anilines is 2. The quantitative estimate of drug-likeness (QED) is 0.702. The molecule has 2 aliphatic heterocycles. The molecule has 3 aromatic heterocycles. The zero-order valence-electron chi connectivity index (χ0n) is 14.8. The van der Waals surface area contributed by atoms with Crippen LogP contribution in [0.2, 0.25) is 0 Å². The van der Waals surface area contributed by atoms with Crippen LogP contribution in [0.1, 0.15) is 30.1 Å². The van der Waals surface area contributed by atoms with Crippen LogP contribution >= 0.6 is 0 Å². The van der Waals surface area contributed by atoms with E-state index in [2.05, 4.69) is 32.0 Å². The maximum Gasteiger partial charge on any atom is 0.254 e. The summed E-state index contributed by atoms with van der Waals surface area (Å²) in [6, 6.07) is 0.285. The Labute approximate surface area is 150 Å². The summed E-state index contributed by atoms with van der Waals surface area (Å²) in [5, 5.41) is 8.81. The average molecular weight is 352 g/mol. The first kappa shape index (κ1) is 15.3. The molecule has 0 N–H and O–H groups in total. The number of rotatable bonds is 3. The van der Waals surface area contributed by atoms with Gasteiger partial charge in [0.15, 0.2) is 0 Å². The van der Waals surface area contributed by atoms with Gasteiger partial charge in [0.2, 0.25) is 5.91 Å². The standard InChI is InChI=1S/C17H20N8O/c1-11-12(2)21-17-18-10-20-25(17)16(11)22-7-14(8-22)24-9-13(6-19-24)23-5-3-4-15(23)26/h6,9-10,14H,3-5,7-8H2,1-2H3. The van der Waals surface area contributed by atoms with Gasteiger partial charge in [-0.25, -0.2) is 4.98 Å². The van der Waals surface area contributed by atoms with Crippen LogP contribution in [0.15, 0.2) is 18.7 Å². The van der Waals surface area contributed by atoms with Gasteiger partial charge in [-0.3, -0.25) is 9.48 Å². The Bertz CT molecular complexity index is 1000. The first-order valence-electron chi connectivity index (χ1n) is 8.88. The number of hydrogen-bond donors (Lipinski definition) is 0. The monoisotopic (exact) mass is 352 g/mol. The van der Waals surface area contributed by atoms with E-state index >= 15 is 0 Å². The fraction of sp³-hybridized carbons (Fsp3) is 0.471. The maximum atomic E-state index is 11.9. The van der Waals surface area contributed by atoms with Gasteiger partial charge in [-0.2, -0.15) is 19.7 Å². The number of fused-ring (bicyclic) bond motifs is 1. The minimum Gasteiger partial charge on any atom is -0.352 e. The number of carbonyl (C=O) groups is 1. The van der Waals surface area contributed by atoms with Gasteiger partial charge >= 0.3 is 0 Å². The normalized spacial score (nSPS) is 18.2. The third kappa shape index (κ3) is 2.19. The molecule has 2 aliphatic rings. The molecule has 134 valence electrons. The van der Waals surface area contributed by atoms with Crippen molar-refractivity contribution in [2.45, 2.75) is 32.7 Å². The average Bonchev–Trinajstić information content (AvgIpc) is 3.30. The number of aromatic nitrogens is 6. The molecule has 5 rings (SSSR count). The molecule has 0 aromatic carbocycles. The highest BCUT2D eigenvalue weighted by atomic mass is 16.2. The molecule has 0 radical (unpaired) electrons. The highest BCUT2D eigenvalue weighted by Gasteiger charge is 2.33. The molecule has 0 atom stereocenters. The van der Waals surface area contributed by atoms with Crippen LogP contribution in [0.5, 0.6) is 0 Å². The van der Waals surface area contributed by atoms with Crippen LogP contribution in [0.25, 0.3) is 5.78 Å². The topological polar surface area (TPSA) is 84.5 Å². The minimum absolute atomic E-state index is 0.191. The van der Waals surface area contributed by atoms with Crippen LogP contribution < -0.4 is 9.80 Å². The molecule has 0 saturated carbocycles. The molecule has 3 aromatic rings. The van der Waals surface area contributed by atoms with E-state index in [1.165, 1.54) is 6.33 Å². The lowest BCUT2D eigenvalue weighted by Crippen LogP contribution is -2.49. The Morgan fingerprint density at radius 2 is 2.04 bits per heavy atom. The van der Waals surface area contributed by atoms with Crippen molar-refractivity contribution in [3.8, 4) is 0 Å². The van der Waals surface area contributed by atoms with Crippen LogP contribution in [-0.2, 0) is 4.79 Å². The molecule has 2 saturated heterocycles. The van der Waals surface area contributed by atoms with Gasteiger partial charge in [0.25, 0.3) is 5.78 Å². The van der Waals surface area contributed by atoms with Crippen molar-refractivity contribution in [2.75, 3.05) is 29.4 Å². The summed E-state index contributed by atoms with van der Waals surface area (Å²) < 4.78 is 3.77. The van der Waals surface area contributed by atoms with Crippen LogP contribution in [-0.4, -0.2) is 54.9 Å². The van der Waals surface area contributed by atoms with Crippen molar-refractivity contribution in [1.82, 2.24) is 29.4 Å². The number of hydrogen-bond acceptors (Lipinski definition) is 6. The molecule has 1 amide bonds. The molecule has 9 heteroatoms. The predicted molar refractivity (Wildman–Crippen MR) is 95.3 cm³/mol. The van der Waals surface area contributed by atoms with Crippen molar-refractivity contribution in [3.05, 3.63) is 30.0 Å². The molecule has 0 spiro atoms. The van der Waals surface area contributed by atoms with Crippen LogP contribution in [0.3, 0.4) is 0 Å². The summed E-state index contributed by atoms with van der Waals surface area (Å²) in [6.07, 6.45) is 6.88. The molecule has 2 fully saturated rings. The first-order chi connectivity index (χ1) is 12.6. The molecule has 0 bridgehead atoms. The van der Waals surface area contributed by atoms with Crippen molar-refractivity contribution in [3.63, 3.8) is 0 Å². The third-order valence-corrected chi connectivity index (χ3v) is 5.39. The van der Waals surface area contributed by atoms with Crippen LogP contribution in [0.4, 0.5) is 11.5 Å². The Hall–Kier alpha value is -2.97. The summed E-state index contributed by atoms with van der Waals surface area (Å²) in [5.41, 5.74) is 2.99. The molecule has 26 heavy (non-hydrogen) atoms. The Morgan fingerprint density at radius 3 is 2.81 bits per heavy atom. The second-order valence-corrected chi connectivity index (χ2v) is 7.00. The van der Waals surface area contributed by atoms with Gasteiger partial charge in [0.1, 0.15) is 12.1 Å². The van der Waals surface area contributed by atoms with Gasteiger partial charge < -0.3 is 9.80 Å². The van der Waals surface area contributed by atoms with Gasteiger partial charge in [0.05, 0.1) is 17.9 Å². The van der Waals surface area contributed by atoms with Gasteiger partial charge in [-0.05, 0) is 20.3 Å². The first-order valence-corrected chi connectivity index (χ1v) is 8.88. The number of aryl methyl sites for hydroxylation is 1. The smallest absolute Gasteiger partial charge is 0.254 e. The SMILES string of the molecule is Cc1nc2ncnn2c(N2CC(n3cc(N4CCCC4=O)cn3)C2)c1C. The predicted octanol–water partition coefficient (Wildman–Crippen LogP) is 1.13. The number of carbonyl (C=O) groups excluding carboxylic acids is 1.